The van der Waals surface area contributed by atoms with Crippen molar-refractivity contribution in [2.75, 3.05) is 13.1 Å². The highest BCUT2D eigenvalue weighted by Crippen LogP contribution is 2.14. The molecule has 2 aromatic carbocycles. The van der Waals surface area contributed by atoms with E-state index in [0.717, 1.165) is 12.1 Å². The van der Waals surface area contributed by atoms with Gasteiger partial charge in [-0.1, -0.05) is 42.5 Å². The summed E-state index contributed by atoms with van der Waals surface area (Å²) in [6.45, 7) is 8.20. The highest BCUT2D eigenvalue weighted by atomic mass is 16.1. The lowest BCUT2D eigenvalue weighted by molar-refractivity contribution is -0.120. The molecule has 25 heavy (non-hydrogen) atoms. The average molecular weight is 336 g/mol. The average Bonchev–Trinajstić information content (AvgIpc) is 3.10. The Morgan fingerprint density at radius 1 is 0.960 bits per heavy atom. The Balaban J connectivity index is 1.52. The molecular weight excluding hydrogens is 308 g/mol. The van der Waals surface area contributed by atoms with Gasteiger partial charge in [-0.3, -0.25) is 9.69 Å². The van der Waals surface area contributed by atoms with E-state index in [1.807, 2.05) is 6.07 Å². The number of benzene rings is 2. The van der Waals surface area contributed by atoms with E-state index < -0.39 is 0 Å². The van der Waals surface area contributed by atoms with Crippen molar-refractivity contribution in [1.29, 1.82) is 0 Å². The molecule has 1 fully saturated rings. The smallest absolute Gasteiger partial charge is 0.224 e. The van der Waals surface area contributed by atoms with Gasteiger partial charge in [0.1, 0.15) is 0 Å². The van der Waals surface area contributed by atoms with Crippen molar-refractivity contribution in [1.82, 2.24) is 10.2 Å². The molecule has 0 saturated carbocycles. The minimum absolute atomic E-state index is 0.0770. The summed E-state index contributed by atoms with van der Waals surface area (Å²) in [7, 11) is 0. The quantitative estimate of drug-likeness (QED) is 0.871. The number of aryl methyl sites for hydroxylation is 2. The standard InChI is InChI=1S/C22H28N2O/c1-17-8-9-19(12-18(17)2)14-22(25)23-15-20-6-5-7-21(13-20)16-24-10-3-4-11-24/h5-9,12-13H,3-4,10-11,14-16H2,1-2H3,(H,23,25). The summed E-state index contributed by atoms with van der Waals surface area (Å²) in [6, 6.07) is 14.8. The van der Waals surface area contributed by atoms with Crippen LogP contribution < -0.4 is 5.32 Å². The first-order valence-electron chi connectivity index (χ1n) is 9.23. The lowest BCUT2D eigenvalue weighted by Gasteiger charge is -2.15. The molecule has 3 heteroatoms. The van der Waals surface area contributed by atoms with Crippen molar-refractivity contribution < 1.29 is 4.79 Å². The SMILES string of the molecule is Cc1ccc(CC(=O)NCc2cccc(CN3CCCC3)c2)cc1C. The maximum absolute atomic E-state index is 12.2. The highest BCUT2D eigenvalue weighted by molar-refractivity contribution is 5.78. The second kappa shape index (κ2) is 8.30. The fourth-order valence-corrected chi connectivity index (χ4v) is 3.40. The number of carbonyl (C=O) groups is 1. The molecule has 0 aromatic heterocycles. The van der Waals surface area contributed by atoms with Crippen LogP contribution in [0.1, 0.15) is 40.7 Å². The molecule has 0 unspecified atom stereocenters. The number of hydrogen-bond acceptors (Lipinski definition) is 2. The molecule has 1 saturated heterocycles. The van der Waals surface area contributed by atoms with Crippen LogP contribution in [0.5, 0.6) is 0 Å². The van der Waals surface area contributed by atoms with Gasteiger partial charge < -0.3 is 5.32 Å². The van der Waals surface area contributed by atoms with Crippen molar-refractivity contribution in [3.05, 3.63) is 70.3 Å². The van der Waals surface area contributed by atoms with Crippen LogP contribution in [0, 0.1) is 13.8 Å². The number of nitrogens with one attached hydrogen (secondary N) is 1. The van der Waals surface area contributed by atoms with Crippen LogP contribution in [-0.2, 0) is 24.3 Å². The van der Waals surface area contributed by atoms with Crippen molar-refractivity contribution in [3.63, 3.8) is 0 Å². The van der Waals surface area contributed by atoms with Gasteiger partial charge in [-0.15, -0.1) is 0 Å². The van der Waals surface area contributed by atoms with Gasteiger partial charge >= 0.3 is 0 Å². The van der Waals surface area contributed by atoms with E-state index in [2.05, 4.69) is 60.5 Å². The lowest BCUT2D eigenvalue weighted by atomic mass is 10.0. The van der Waals surface area contributed by atoms with Crippen LogP contribution in [0.15, 0.2) is 42.5 Å². The Labute approximate surface area is 151 Å². The third-order valence-corrected chi connectivity index (χ3v) is 5.02. The minimum Gasteiger partial charge on any atom is -0.352 e. The van der Waals surface area contributed by atoms with Crippen molar-refractivity contribution in [2.45, 2.75) is 46.2 Å². The van der Waals surface area contributed by atoms with Gasteiger partial charge in [-0.05, 0) is 67.6 Å². The van der Waals surface area contributed by atoms with Gasteiger partial charge in [0.05, 0.1) is 6.42 Å². The fraction of sp³-hybridized carbons (Fsp3) is 0.409. The summed E-state index contributed by atoms with van der Waals surface area (Å²) in [5, 5.41) is 3.05. The first kappa shape index (κ1) is 17.7. The summed E-state index contributed by atoms with van der Waals surface area (Å²) in [5.74, 6) is 0.0770. The van der Waals surface area contributed by atoms with E-state index in [9.17, 15) is 4.79 Å². The van der Waals surface area contributed by atoms with E-state index in [-0.39, 0.29) is 5.91 Å². The topological polar surface area (TPSA) is 32.3 Å². The van der Waals surface area contributed by atoms with E-state index in [1.165, 1.54) is 48.2 Å². The van der Waals surface area contributed by atoms with E-state index in [1.54, 1.807) is 0 Å². The Kier molecular flexibility index (Phi) is 5.87. The number of carbonyl (C=O) groups excluding carboxylic acids is 1. The summed E-state index contributed by atoms with van der Waals surface area (Å²) < 4.78 is 0. The Morgan fingerprint density at radius 2 is 1.72 bits per heavy atom. The van der Waals surface area contributed by atoms with Crippen LogP contribution in [0.3, 0.4) is 0 Å². The first-order valence-corrected chi connectivity index (χ1v) is 9.23. The summed E-state index contributed by atoms with van der Waals surface area (Å²) in [5.41, 5.74) is 6.08. The number of amides is 1. The van der Waals surface area contributed by atoms with Crippen LogP contribution in [0.4, 0.5) is 0 Å². The Bertz CT molecular complexity index is 733. The molecule has 0 aliphatic carbocycles. The normalized spacial score (nSPS) is 14.6. The van der Waals surface area contributed by atoms with Gasteiger partial charge in [0.25, 0.3) is 0 Å². The second-order valence-electron chi connectivity index (χ2n) is 7.18. The summed E-state index contributed by atoms with van der Waals surface area (Å²) in [6.07, 6.45) is 3.07. The summed E-state index contributed by atoms with van der Waals surface area (Å²) in [4.78, 5) is 14.7. The maximum atomic E-state index is 12.2. The predicted octanol–water partition coefficient (Wildman–Crippen LogP) is 3.76. The Hall–Kier alpha value is -2.13. The zero-order valence-electron chi connectivity index (χ0n) is 15.3. The molecule has 3 rings (SSSR count). The van der Waals surface area contributed by atoms with Gasteiger partial charge in [0.2, 0.25) is 5.91 Å². The number of hydrogen-bond donors (Lipinski definition) is 1. The molecule has 1 aliphatic heterocycles. The van der Waals surface area contributed by atoms with Crippen LogP contribution >= 0.6 is 0 Å². The third-order valence-electron chi connectivity index (χ3n) is 5.02. The minimum atomic E-state index is 0.0770. The van der Waals surface area contributed by atoms with Crippen LogP contribution in [0.2, 0.25) is 0 Å². The first-order chi connectivity index (χ1) is 12.1. The van der Waals surface area contributed by atoms with Gasteiger partial charge in [-0.25, -0.2) is 0 Å². The number of nitrogens with zero attached hydrogens (tertiary/aromatic N) is 1. The molecular formula is C22H28N2O. The number of likely N-dealkylation sites (tertiary alicyclic amines) is 1. The van der Waals surface area contributed by atoms with Gasteiger partial charge in [0, 0.05) is 13.1 Å². The van der Waals surface area contributed by atoms with Gasteiger partial charge in [0.15, 0.2) is 0 Å². The monoisotopic (exact) mass is 336 g/mol. The molecule has 0 radical (unpaired) electrons. The summed E-state index contributed by atoms with van der Waals surface area (Å²) >= 11 is 0. The van der Waals surface area contributed by atoms with E-state index >= 15 is 0 Å². The highest BCUT2D eigenvalue weighted by Gasteiger charge is 2.12. The molecule has 132 valence electrons. The van der Waals surface area contributed by atoms with E-state index in [4.69, 9.17) is 0 Å². The zero-order valence-corrected chi connectivity index (χ0v) is 15.3. The molecule has 0 bridgehead atoms. The number of rotatable bonds is 6. The largest absolute Gasteiger partial charge is 0.352 e. The fourth-order valence-electron chi connectivity index (χ4n) is 3.40. The zero-order chi connectivity index (χ0) is 17.6. The molecule has 1 aliphatic rings. The van der Waals surface area contributed by atoms with Crippen LogP contribution in [0.25, 0.3) is 0 Å². The molecule has 1 heterocycles. The van der Waals surface area contributed by atoms with Crippen molar-refractivity contribution >= 4 is 5.91 Å². The maximum Gasteiger partial charge on any atom is 0.224 e. The third kappa shape index (κ3) is 5.17. The van der Waals surface area contributed by atoms with Gasteiger partial charge in [-0.2, -0.15) is 0 Å². The molecule has 1 N–H and O–H groups in total. The second-order valence-corrected chi connectivity index (χ2v) is 7.18. The van der Waals surface area contributed by atoms with E-state index in [0.29, 0.717) is 13.0 Å². The molecule has 3 nitrogen and oxygen atoms in total. The van der Waals surface area contributed by atoms with Crippen LogP contribution in [-0.4, -0.2) is 23.9 Å². The predicted molar refractivity (Wildman–Crippen MR) is 102 cm³/mol. The van der Waals surface area contributed by atoms with Crippen molar-refractivity contribution in [2.24, 2.45) is 0 Å². The lowest BCUT2D eigenvalue weighted by Crippen LogP contribution is -2.24. The molecule has 2 aromatic rings. The molecule has 0 spiro atoms. The molecule has 0 atom stereocenters. The van der Waals surface area contributed by atoms with Crippen molar-refractivity contribution in [3.8, 4) is 0 Å². The molecule has 1 amide bonds. The Morgan fingerprint density at radius 3 is 2.48 bits per heavy atom.